The van der Waals surface area contributed by atoms with Crippen LogP contribution in [0.15, 0.2) is 82.0 Å². The molecule has 0 bridgehead atoms. The lowest BCUT2D eigenvalue weighted by Gasteiger charge is -2.19. The van der Waals surface area contributed by atoms with Gasteiger partial charge >= 0.3 is 17.7 Å². The van der Waals surface area contributed by atoms with Gasteiger partial charge in [-0.05, 0) is 55.0 Å². The molecule has 1 N–H and O–H groups in total. The number of benzene rings is 3. The Morgan fingerprint density at radius 1 is 0.919 bits per heavy atom. The van der Waals surface area contributed by atoms with Gasteiger partial charge in [0, 0.05) is 22.9 Å². The van der Waals surface area contributed by atoms with Crippen molar-refractivity contribution in [2.75, 3.05) is 0 Å². The third-order valence-electron chi connectivity index (χ3n) is 6.62. The summed E-state index contributed by atoms with van der Waals surface area (Å²) in [5, 5.41) is 3.51. The van der Waals surface area contributed by atoms with Gasteiger partial charge < -0.3 is 19.2 Å². The van der Waals surface area contributed by atoms with E-state index in [-0.39, 0.29) is 24.4 Å². The Morgan fingerprint density at radius 2 is 1.59 bits per heavy atom. The number of rotatable bonds is 7. The second kappa shape index (κ2) is 10.7. The van der Waals surface area contributed by atoms with E-state index in [2.05, 4.69) is 5.32 Å². The summed E-state index contributed by atoms with van der Waals surface area (Å²) >= 11 is 0. The Balaban J connectivity index is 1.36. The van der Waals surface area contributed by atoms with Gasteiger partial charge in [0.15, 0.2) is 0 Å². The lowest BCUT2D eigenvalue weighted by Crippen LogP contribution is -2.44. The van der Waals surface area contributed by atoms with E-state index >= 15 is 0 Å². The fourth-order valence-electron chi connectivity index (χ4n) is 4.70. The molecule has 0 saturated heterocycles. The van der Waals surface area contributed by atoms with Crippen LogP contribution in [0.25, 0.3) is 11.0 Å². The van der Waals surface area contributed by atoms with E-state index in [0.717, 1.165) is 46.9 Å². The highest BCUT2D eigenvalue weighted by Crippen LogP contribution is 2.33. The molecule has 7 heteroatoms. The first kappa shape index (κ1) is 24.3. The van der Waals surface area contributed by atoms with Crippen molar-refractivity contribution in [2.24, 2.45) is 0 Å². The van der Waals surface area contributed by atoms with E-state index in [1.54, 1.807) is 13.0 Å². The average molecular weight is 498 g/mol. The van der Waals surface area contributed by atoms with Crippen LogP contribution in [0, 0.1) is 6.92 Å². The monoisotopic (exact) mass is 497 g/mol. The molecule has 0 saturated carbocycles. The third-order valence-corrected chi connectivity index (χ3v) is 6.62. The Labute approximate surface area is 214 Å². The summed E-state index contributed by atoms with van der Waals surface area (Å²) in [5.41, 5.74) is 4.07. The molecule has 1 aliphatic rings. The van der Waals surface area contributed by atoms with Crippen LogP contribution in [-0.2, 0) is 35.4 Å². The molecule has 0 spiro atoms. The van der Waals surface area contributed by atoms with Crippen LogP contribution < -0.4 is 15.7 Å². The minimum absolute atomic E-state index is 0.0763. The zero-order valence-electron chi connectivity index (χ0n) is 20.5. The minimum Gasteiger partial charge on any atom is -0.445 e. The molecular weight excluding hydrogens is 470 g/mol. The second-order valence-corrected chi connectivity index (χ2v) is 9.14. The van der Waals surface area contributed by atoms with E-state index in [1.165, 1.54) is 0 Å². The van der Waals surface area contributed by atoms with Crippen LogP contribution in [0.5, 0.6) is 5.75 Å². The molecule has 0 radical (unpaired) electrons. The third kappa shape index (κ3) is 5.40. The van der Waals surface area contributed by atoms with Gasteiger partial charge in [-0.3, -0.25) is 0 Å². The zero-order valence-corrected chi connectivity index (χ0v) is 20.5. The first-order valence-corrected chi connectivity index (χ1v) is 12.3. The first-order chi connectivity index (χ1) is 18.0. The predicted octanol–water partition coefficient (Wildman–Crippen LogP) is 5.03. The molecule has 37 heavy (non-hydrogen) atoms. The number of aryl methyl sites for hydroxylation is 2. The van der Waals surface area contributed by atoms with Crippen molar-refractivity contribution in [3.05, 3.63) is 111 Å². The van der Waals surface area contributed by atoms with Gasteiger partial charge in [0.1, 0.15) is 24.0 Å². The molecule has 4 aromatic rings. The maximum Gasteiger partial charge on any atom is 0.408 e. The van der Waals surface area contributed by atoms with E-state index < -0.39 is 18.1 Å². The highest BCUT2D eigenvalue weighted by Gasteiger charge is 2.26. The largest absolute Gasteiger partial charge is 0.445 e. The summed E-state index contributed by atoms with van der Waals surface area (Å²) in [4.78, 5) is 38.3. The molecule has 3 aromatic carbocycles. The molecule has 1 amide bonds. The van der Waals surface area contributed by atoms with Gasteiger partial charge in [-0.25, -0.2) is 14.4 Å². The fraction of sp³-hybridized carbons (Fsp3) is 0.233. The number of fused-ring (bicyclic) bond motifs is 3. The van der Waals surface area contributed by atoms with Gasteiger partial charge in [0.05, 0.1) is 0 Å². The summed E-state index contributed by atoms with van der Waals surface area (Å²) < 4.78 is 16.7. The van der Waals surface area contributed by atoms with Gasteiger partial charge in [-0.15, -0.1) is 0 Å². The smallest absolute Gasteiger partial charge is 0.408 e. The molecule has 188 valence electrons. The molecule has 1 atom stereocenters. The number of nitrogens with one attached hydrogen (secondary N) is 1. The average Bonchev–Trinajstić information content (AvgIpc) is 3.41. The number of hydrogen-bond donors (Lipinski definition) is 1. The molecule has 1 heterocycles. The van der Waals surface area contributed by atoms with Gasteiger partial charge in [0.25, 0.3) is 0 Å². The predicted molar refractivity (Wildman–Crippen MR) is 139 cm³/mol. The number of esters is 1. The molecule has 0 unspecified atom stereocenters. The number of ether oxygens (including phenoxy) is 2. The normalized spacial score (nSPS) is 13.1. The standard InChI is InChI=1S/C30H27NO6/c1-19-26(16-15-23-22-13-8-14-24(22)28(32)37-27(19)23)36-29(33)25(17-20-9-4-2-5-10-20)31-30(34)35-18-21-11-6-3-7-12-21/h2-7,9-12,15-16,25H,8,13-14,17-18H2,1H3,(H,31,34)/t25-/m1/s1. The minimum atomic E-state index is -0.993. The lowest BCUT2D eigenvalue weighted by atomic mass is 10.0. The summed E-state index contributed by atoms with van der Waals surface area (Å²) in [6.45, 7) is 1.83. The Bertz CT molecular complexity index is 1490. The van der Waals surface area contributed by atoms with Crippen LogP contribution in [0.2, 0.25) is 0 Å². The van der Waals surface area contributed by atoms with Crippen LogP contribution in [0.3, 0.4) is 0 Å². The van der Waals surface area contributed by atoms with Crippen molar-refractivity contribution in [3.8, 4) is 5.75 Å². The van der Waals surface area contributed by atoms with E-state index in [9.17, 15) is 14.4 Å². The number of carbonyl (C=O) groups excluding carboxylic acids is 2. The van der Waals surface area contributed by atoms with E-state index in [0.29, 0.717) is 11.1 Å². The maximum absolute atomic E-state index is 13.3. The fourth-order valence-corrected chi connectivity index (χ4v) is 4.70. The Morgan fingerprint density at radius 3 is 2.32 bits per heavy atom. The number of amides is 1. The van der Waals surface area contributed by atoms with Crippen LogP contribution in [-0.4, -0.2) is 18.1 Å². The molecule has 1 aliphatic carbocycles. The molecule has 0 aliphatic heterocycles. The van der Waals surface area contributed by atoms with Crippen molar-refractivity contribution in [2.45, 2.75) is 45.3 Å². The summed E-state index contributed by atoms with van der Waals surface area (Å²) in [7, 11) is 0. The van der Waals surface area contributed by atoms with Gasteiger partial charge in [-0.2, -0.15) is 0 Å². The van der Waals surface area contributed by atoms with Crippen LogP contribution >= 0.6 is 0 Å². The summed E-state index contributed by atoms with van der Waals surface area (Å²) in [6, 6.07) is 21.2. The molecule has 1 aromatic heterocycles. The molecule has 5 rings (SSSR count). The molecular formula is C30H27NO6. The quantitative estimate of drug-likeness (QED) is 0.219. The Hall–Kier alpha value is -4.39. The van der Waals surface area contributed by atoms with E-state index in [4.69, 9.17) is 13.9 Å². The Kier molecular flexibility index (Phi) is 7.03. The summed E-state index contributed by atoms with van der Waals surface area (Å²) in [6.07, 6.45) is 1.96. The highest BCUT2D eigenvalue weighted by atomic mass is 16.6. The van der Waals surface area contributed by atoms with Gasteiger partial charge in [0.2, 0.25) is 0 Å². The van der Waals surface area contributed by atoms with E-state index in [1.807, 2.05) is 66.7 Å². The lowest BCUT2D eigenvalue weighted by molar-refractivity contribution is -0.136. The van der Waals surface area contributed by atoms with Crippen LogP contribution in [0.4, 0.5) is 4.79 Å². The van der Waals surface area contributed by atoms with Crippen molar-refractivity contribution < 1.29 is 23.5 Å². The highest BCUT2D eigenvalue weighted by molar-refractivity contribution is 5.88. The second-order valence-electron chi connectivity index (χ2n) is 9.14. The topological polar surface area (TPSA) is 94.8 Å². The number of alkyl carbamates (subject to hydrolysis) is 1. The van der Waals surface area contributed by atoms with Crippen molar-refractivity contribution in [1.29, 1.82) is 0 Å². The van der Waals surface area contributed by atoms with Crippen molar-refractivity contribution in [1.82, 2.24) is 5.32 Å². The summed E-state index contributed by atoms with van der Waals surface area (Å²) in [5.74, 6) is -0.373. The number of hydrogen-bond acceptors (Lipinski definition) is 6. The zero-order chi connectivity index (χ0) is 25.8. The van der Waals surface area contributed by atoms with Crippen molar-refractivity contribution in [3.63, 3.8) is 0 Å². The van der Waals surface area contributed by atoms with Crippen molar-refractivity contribution >= 4 is 23.0 Å². The maximum atomic E-state index is 13.3. The SMILES string of the molecule is Cc1c(OC(=O)[C@@H](Cc2ccccc2)NC(=O)OCc2ccccc2)ccc2c3c(c(=O)oc12)CCC3. The van der Waals surface area contributed by atoms with Crippen LogP contribution in [0.1, 0.15) is 34.2 Å². The van der Waals surface area contributed by atoms with Gasteiger partial charge in [-0.1, -0.05) is 60.7 Å². The number of carbonyl (C=O) groups is 2. The molecule has 0 fully saturated rings. The first-order valence-electron chi connectivity index (χ1n) is 12.3. The molecule has 7 nitrogen and oxygen atoms in total.